The second-order valence-electron chi connectivity index (χ2n) is 14.7. The highest BCUT2D eigenvalue weighted by atomic mass is 35.5. The summed E-state index contributed by atoms with van der Waals surface area (Å²) < 4.78 is 35.7. The van der Waals surface area contributed by atoms with Gasteiger partial charge in [0.25, 0.3) is 11.4 Å². The molecule has 4 aromatic heterocycles. The summed E-state index contributed by atoms with van der Waals surface area (Å²) in [5.41, 5.74) is -0.138. The molecule has 0 N–H and O–H groups in total. The van der Waals surface area contributed by atoms with Gasteiger partial charge in [0.05, 0.1) is 34.1 Å². The van der Waals surface area contributed by atoms with Gasteiger partial charge >= 0.3 is 0 Å². The van der Waals surface area contributed by atoms with Crippen LogP contribution in [0, 0.1) is 31.9 Å². The number of carbonyl (C=O) groups excluding carboxylic acids is 1. The Morgan fingerprint density at radius 3 is 1.42 bits per heavy atom. The van der Waals surface area contributed by atoms with Crippen molar-refractivity contribution in [3.05, 3.63) is 174 Å². The maximum atomic E-state index is 16.3. The number of carbonyl (C=O) groups is 1. The summed E-state index contributed by atoms with van der Waals surface area (Å²) in [7, 11) is 0. The van der Waals surface area contributed by atoms with Gasteiger partial charge in [0, 0.05) is 93.4 Å². The van der Waals surface area contributed by atoms with Gasteiger partial charge in [-0.2, -0.15) is 0 Å². The lowest BCUT2D eigenvalue weighted by atomic mass is 9.77. The molecule has 2 atom stereocenters. The molecule has 0 saturated carbocycles. The third-order valence-corrected chi connectivity index (χ3v) is 11.5. The topological polar surface area (TPSA) is 216 Å². The zero-order chi connectivity index (χ0) is 46.6. The van der Waals surface area contributed by atoms with Gasteiger partial charge in [0.15, 0.2) is 11.6 Å². The van der Waals surface area contributed by atoms with Gasteiger partial charge in [0.2, 0.25) is 11.6 Å². The summed E-state index contributed by atoms with van der Waals surface area (Å²) in [6, 6.07) is 15.8. The summed E-state index contributed by atoms with van der Waals surface area (Å²) in [5, 5.41) is 34.1. The Hall–Kier alpha value is -7.77. The predicted octanol–water partition coefficient (Wildman–Crippen LogP) is 9.48. The largest absolute Gasteiger partial charge is 0.298 e. The normalized spacial score (nSPS) is 12.2. The van der Waals surface area contributed by atoms with Crippen molar-refractivity contribution in [2.75, 3.05) is 0 Å². The van der Waals surface area contributed by atoms with Crippen LogP contribution >= 0.6 is 23.2 Å². The Morgan fingerprint density at radius 1 is 0.652 bits per heavy atom. The molecule has 21 heteroatoms. The molecule has 17 nitrogen and oxygen atoms in total. The Labute approximate surface area is 383 Å². The van der Waals surface area contributed by atoms with Gasteiger partial charge in [0.1, 0.15) is 28.8 Å². The van der Waals surface area contributed by atoms with Crippen LogP contribution < -0.4 is 0 Å². The molecule has 2 unspecified atom stereocenters. The molecule has 0 amide bonds. The van der Waals surface area contributed by atoms with Gasteiger partial charge < -0.3 is 0 Å². The van der Waals surface area contributed by atoms with E-state index in [2.05, 4.69) is 40.1 Å². The molecular formula is C45H34Cl2F2N12O5. The third kappa shape index (κ3) is 8.98. The number of benzene rings is 4. The minimum atomic E-state index is -1.66. The zero-order valence-corrected chi connectivity index (χ0v) is 36.3. The fourth-order valence-electron chi connectivity index (χ4n) is 7.79. The van der Waals surface area contributed by atoms with Crippen molar-refractivity contribution in [1.29, 1.82) is 0 Å². The predicted molar refractivity (Wildman–Crippen MR) is 238 cm³/mol. The standard InChI is InChI=1S/C45H34Cl2F2N12O5/c1-3-58-44(54-42(56-58)35-23-50-15-17-52-35)25-11-13-37(60(63)64)27(19-25)21-29(39-31(46)7-5-9-33(39)48)41(62)30(40-32(47)8-6-10-34(40)49)22-28-20-26(12-14-38(28)61(65)66)45-55-43(57-59(45)4-2)36-24-51-16-18-53-36/h5-20,23-24,29-30H,3-4,21-22H2,1-2H3. The number of halogens is 4. The first-order valence-electron chi connectivity index (χ1n) is 20.3. The van der Waals surface area contributed by atoms with Crippen LogP contribution in [0.2, 0.25) is 10.0 Å². The first-order chi connectivity index (χ1) is 31.9. The molecular weight excluding hydrogens is 897 g/mol. The van der Waals surface area contributed by atoms with Crippen LogP contribution in [0.15, 0.2) is 110 Å². The summed E-state index contributed by atoms with van der Waals surface area (Å²) in [6.45, 7) is 4.30. The van der Waals surface area contributed by atoms with Crippen molar-refractivity contribution in [3.8, 4) is 45.8 Å². The monoisotopic (exact) mass is 930 g/mol. The quantitative estimate of drug-likeness (QED) is 0.0652. The molecule has 4 heterocycles. The van der Waals surface area contributed by atoms with Crippen molar-refractivity contribution in [2.45, 2.75) is 51.6 Å². The molecule has 0 aliphatic carbocycles. The summed E-state index contributed by atoms with van der Waals surface area (Å²) in [5.74, 6) is -5.01. The van der Waals surface area contributed by atoms with E-state index in [1.807, 2.05) is 13.8 Å². The van der Waals surface area contributed by atoms with Crippen molar-refractivity contribution >= 4 is 40.4 Å². The van der Waals surface area contributed by atoms with E-state index in [1.54, 1.807) is 9.36 Å². The van der Waals surface area contributed by atoms with Gasteiger partial charge in [-0.1, -0.05) is 35.3 Å². The number of Topliss-reactive ketones (excluding diaryl/α,β-unsaturated/α-hetero) is 1. The first-order valence-corrected chi connectivity index (χ1v) is 21.0. The van der Waals surface area contributed by atoms with Gasteiger partial charge in [-0.3, -0.25) is 35.0 Å². The fraction of sp³-hybridized carbons (Fsp3) is 0.178. The second-order valence-corrected chi connectivity index (χ2v) is 15.5. The highest BCUT2D eigenvalue weighted by molar-refractivity contribution is 6.32. The lowest BCUT2D eigenvalue weighted by Gasteiger charge is -2.26. The van der Waals surface area contributed by atoms with Crippen LogP contribution in [0.25, 0.3) is 45.8 Å². The molecule has 4 aromatic carbocycles. The number of hydrogen-bond acceptors (Lipinski definition) is 13. The number of aromatic nitrogens is 10. The lowest BCUT2D eigenvalue weighted by molar-refractivity contribution is -0.385. The van der Waals surface area contributed by atoms with Crippen molar-refractivity contribution < 1.29 is 23.4 Å². The molecule has 0 fully saturated rings. The van der Waals surface area contributed by atoms with Crippen molar-refractivity contribution in [1.82, 2.24) is 49.5 Å². The Balaban J connectivity index is 1.28. The molecule has 0 bridgehead atoms. The van der Waals surface area contributed by atoms with Crippen LogP contribution in [0.1, 0.15) is 47.9 Å². The molecule has 0 saturated heterocycles. The zero-order valence-electron chi connectivity index (χ0n) is 34.8. The maximum absolute atomic E-state index is 16.3. The van der Waals surface area contributed by atoms with E-state index in [0.717, 1.165) is 12.1 Å². The molecule has 66 heavy (non-hydrogen) atoms. The molecule has 8 aromatic rings. The Kier molecular flexibility index (Phi) is 13.0. The van der Waals surface area contributed by atoms with Crippen molar-refractivity contribution in [2.24, 2.45) is 0 Å². The molecule has 0 aliphatic heterocycles. The number of hydrogen-bond donors (Lipinski definition) is 0. The van der Waals surface area contributed by atoms with E-state index < -0.39 is 63.3 Å². The van der Waals surface area contributed by atoms with Gasteiger partial charge in [-0.05, 0) is 75.2 Å². The minimum Gasteiger partial charge on any atom is -0.298 e. The van der Waals surface area contributed by atoms with Gasteiger partial charge in [-0.25, -0.2) is 38.1 Å². The summed E-state index contributed by atoms with van der Waals surface area (Å²) in [4.78, 5) is 65.7. The minimum absolute atomic E-state index is 0.0361. The Bertz CT molecular complexity index is 2890. The van der Waals surface area contributed by atoms with Crippen LogP contribution in [-0.2, 0) is 30.7 Å². The maximum Gasteiger partial charge on any atom is 0.272 e. The van der Waals surface area contributed by atoms with E-state index in [1.165, 1.54) is 97.8 Å². The van der Waals surface area contributed by atoms with Crippen LogP contribution in [0.5, 0.6) is 0 Å². The smallest absolute Gasteiger partial charge is 0.272 e. The highest BCUT2D eigenvalue weighted by Gasteiger charge is 2.38. The number of aryl methyl sites for hydroxylation is 2. The van der Waals surface area contributed by atoms with E-state index in [-0.39, 0.29) is 43.9 Å². The SMILES string of the molecule is CCn1nc(-c2cnccn2)nc1-c1ccc([N+](=O)[O-])c(CC(C(=O)C(Cc2cc(-c3nc(-c4cnccn4)nn3CC)ccc2[N+](=O)[O-])c2c(F)cccc2Cl)c2c(F)cccc2Cl)c1. The summed E-state index contributed by atoms with van der Waals surface area (Å²) in [6.07, 6.45) is 7.80. The van der Waals surface area contributed by atoms with E-state index in [9.17, 15) is 20.2 Å². The van der Waals surface area contributed by atoms with Crippen LogP contribution in [0.4, 0.5) is 20.2 Å². The molecule has 0 aliphatic rings. The number of nitro benzene ring substituents is 2. The average Bonchev–Trinajstić information content (AvgIpc) is 3.96. The van der Waals surface area contributed by atoms with E-state index in [4.69, 9.17) is 23.2 Å². The molecule has 0 spiro atoms. The number of rotatable bonds is 16. The third-order valence-electron chi connectivity index (χ3n) is 10.8. The van der Waals surface area contributed by atoms with E-state index >= 15 is 13.6 Å². The second kappa shape index (κ2) is 19.1. The number of nitrogens with zero attached hydrogens (tertiary/aromatic N) is 12. The first kappa shape index (κ1) is 44.8. The van der Waals surface area contributed by atoms with Crippen molar-refractivity contribution in [3.63, 3.8) is 0 Å². The number of nitro groups is 2. The molecule has 0 radical (unpaired) electrons. The average molecular weight is 932 g/mol. The highest BCUT2D eigenvalue weighted by Crippen LogP contribution is 2.42. The van der Waals surface area contributed by atoms with Crippen LogP contribution in [0.3, 0.4) is 0 Å². The fourth-order valence-corrected chi connectivity index (χ4v) is 8.38. The van der Waals surface area contributed by atoms with Crippen LogP contribution in [-0.4, -0.2) is 65.1 Å². The summed E-state index contributed by atoms with van der Waals surface area (Å²) >= 11 is 13.4. The van der Waals surface area contributed by atoms with E-state index in [0.29, 0.717) is 47.3 Å². The van der Waals surface area contributed by atoms with Gasteiger partial charge in [-0.15, -0.1) is 10.2 Å². The molecule has 332 valence electrons. The number of ketones is 1. The lowest BCUT2D eigenvalue weighted by Crippen LogP contribution is -2.27. The Morgan fingerprint density at radius 2 is 1.08 bits per heavy atom. The molecule has 8 rings (SSSR count).